The Morgan fingerprint density at radius 1 is 1.03 bits per heavy atom. The third kappa shape index (κ3) is 5.60. The molecule has 0 radical (unpaired) electrons. The average Bonchev–Trinajstić information content (AvgIpc) is 2.84. The lowest BCUT2D eigenvalue weighted by atomic mass is 9.97. The number of esters is 1. The molecule has 0 unspecified atom stereocenters. The maximum atomic E-state index is 12.7. The summed E-state index contributed by atoms with van der Waals surface area (Å²) in [5, 5.41) is 2.86. The smallest absolute Gasteiger partial charge is 0.340 e. The number of hydrogen-bond donors (Lipinski definition) is 1. The molecule has 0 aliphatic carbocycles. The number of ketones is 1. The topological polar surface area (TPSA) is 79.0 Å². The molecule has 1 amide bonds. The molecule has 0 saturated carbocycles. The van der Waals surface area contributed by atoms with Crippen LogP contribution in [0, 0.1) is 0 Å². The van der Waals surface area contributed by atoms with E-state index in [0.29, 0.717) is 31.4 Å². The Labute approximate surface area is 194 Å². The van der Waals surface area contributed by atoms with Gasteiger partial charge in [0.2, 0.25) is 5.91 Å². The second-order valence-corrected chi connectivity index (χ2v) is 8.51. The minimum Gasteiger partial charge on any atom is -0.462 e. The van der Waals surface area contributed by atoms with Crippen LogP contribution in [0.1, 0.15) is 52.5 Å². The zero-order chi connectivity index (χ0) is 23.2. The molecule has 33 heavy (non-hydrogen) atoms. The van der Waals surface area contributed by atoms with Gasteiger partial charge in [-0.05, 0) is 62.2 Å². The van der Waals surface area contributed by atoms with Gasteiger partial charge in [-0.2, -0.15) is 0 Å². The summed E-state index contributed by atoms with van der Waals surface area (Å²) in [5.74, 6) is -0.0960. The molecule has 0 spiro atoms. The molecule has 0 aromatic heterocycles. The first-order valence-electron chi connectivity index (χ1n) is 11.7. The summed E-state index contributed by atoms with van der Waals surface area (Å²) < 4.78 is 5.20. The molecule has 1 N–H and O–H groups in total. The van der Waals surface area contributed by atoms with E-state index in [0.717, 1.165) is 61.6 Å². The number of ether oxygens (including phenoxy) is 1. The number of Topliss-reactive ketones (excluding diaryl/α,β-unsaturated/α-hetero) is 1. The lowest BCUT2D eigenvalue weighted by Gasteiger charge is -2.36. The first-order valence-corrected chi connectivity index (χ1v) is 11.7. The van der Waals surface area contributed by atoms with E-state index in [-0.39, 0.29) is 17.7 Å². The van der Waals surface area contributed by atoms with Crippen LogP contribution in [-0.4, -0.2) is 61.9 Å². The standard InChI is InChI=1S/C26H31N3O4/c1-2-33-26(32)21-6-3-4-7-23(21)29-16-14-28(15-17-29)13-5-8-24(30)20-9-11-22-19(18-20)10-12-25(31)27-22/h3-4,6-7,9,11,18H,2,5,8,10,12-17H2,1H3,(H,27,31). The summed E-state index contributed by atoms with van der Waals surface area (Å²) in [6, 6.07) is 13.2. The van der Waals surface area contributed by atoms with Gasteiger partial charge in [-0.15, -0.1) is 0 Å². The number of carbonyl (C=O) groups is 3. The molecule has 2 aliphatic rings. The maximum absolute atomic E-state index is 12.7. The number of anilines is 2. The molecule has 2 aromatic rings. The van der Waals surface area contributed by atoms with Gasteiger partial charge in [-0.25, -0.2) is 4.79 Å². The molecule has 4 rings (SSSR count). The fraction of sp³-hybridized carbons (Fsp3) is 0.423. The van der Waals surface area contributed by atoms with Crippen LogP contribution >= 0.6 is 0 Å². The summed E-state index contributed by atoms with van der Waals surface area (Å²) >= 11 is 0. The van der Waals surface area contributed by atoms with Crippen LogP contribution in [0.5, 0.6) is 0 Å². The fourth-order valence-electron chi connectivity index (χ4n) is 4.51. The van der Waals surface area contributed by atoms with Gasteiger partial charge in [-0.3, -0.25) is 14.5 Å². The molecule has 2 aliphatic heterocycles. The van der Waals surface area contributed by atoms with Crippen molar-refractivity contribution in [2.24, 2.45) is 0 Å². The maximum Gasteiger partial charge on any atom is 0.340 e. The van der Waals surface area contributed by atoms with Crippen LogP contribution in [0.15, 0.2) is 42.5 Å². The number of nitrogens with one attached hydrogen (secondary N) is 1. The van der Waals surface area contributed by atoms with E-state index in [9.17, 15) is 14.4 Å². The Morgan fingerprint density at radius 3 is 2.61 bits per heavy atom. The highest BCUT2D eigenvalue weighted by Gasteiger charge is 2.22. The Balaban J connectivity index is 1.25. The molecule has 1 fully saturated rings. The van der Waals surface area contributed by atoms with Crippen molar-refractivity contribution in [2.75, 3.05) is 49.5 Å². The van der Waals surface area contributed by atoms with Gasteiger partial charge in [0.15, 0.2) is 5.78 Å². The van der Waals surface area contributed by atoms with E-state index in [1.165, 1.54) is 0 Å². The molecule has 2 aromatic carbocycles. The van der Waals surface area contributed by atoms with Gasteiger partial charge < -0.3 is 15.0 Å². The van der Waals surface area contributed by atoms with Crippen molar-refractivity contribution in [3.05, 3.63) is 59.2 Å². The first kappa shape index (κ1) is 23.0. The van der Waals surface area contributed by atoms with Crippen LogP contribution in [0.4, 0.5) is 11.4 Å². The SMILES string of the molecule is CCOC(=O)c1ccccc1N1CCN(CCCC(=O)c2ccc3c(c2)CCC(=O)N3)CC1. The fourth-order valence-corrected chi connectivity index (χ4v) is 4.51. The van der Waals surface area contributed by atoms with Crippen molar-refractivity contribution >= 4 is 29.0 Å². The minimum atomic E-state index is -0.279. The highest BCUT2D eigenvalue weighted by molar-refractivity contribution is 5.99. The number of para-hydroxylation sites is 1. The van der Waals surface area contributed by atoms with Crippen molar-refractivity contribution < 1.29 is 19.1 Å². The minimum absolute atomic E-state index is 0.0334. The zero-order valence-electron chi connectivity index (χ0n) is 19.1. The zero-order valence-corrected chi connectivity index (χ0v) is 19.1. The van der Waals surface area contributed by atoms with E-state index in [2.05, 4.69) is 15.1 Å². The summed E-state index contributed by atoms with van der Waals surface area (Å²) in [7, 11) is 0. The Morgan fingerprint density at radius 2 is 1.82 bits per heavy atom. The van der Waals surface area contributed by atoms with Crippen molar-refractivity contribution in [1.82, 2.24) is 4.90 Å². The van der Waals surface area contributed by atoms with Crippen LogP contribution < -0.4 is 10.2 Å². The Bertz CT molecular complexity index is 1030. The average molecular weight is 450 g/mol. The summed E-state index contributed by atoms with van der Waals surface area (Å²) in [6.45, 7) is 6.51. The molecular formula is C26H31N3O4. The second-order valence-electron chi connectivity index (χ2n) is 8.51. The van der Waals surface area contributed by atoms with E-state index in [1.807, 2.05) is 49.4 Å². The van der Waals surface area contributed by atoms with Crippen molar-refractivity contribution in [3.8, 4) is 0 Å². The lowest BCUT2D eigenvalue weighted by molar-refractivity contribution is -0.116. The predicted octanol–water partition coefficient (Wildman–Crippen LogP) is 3.53. The molecule has 0 bridgehead atoms. The van der Waals surface area contributed by atoms with E-state index in [1.54, 1.807) is 0 Å². The van der Waals surface area contributed by atoms with E-state index in [4.69, 9.17) is 4.74 Å². The third-order valence-corrected chi connectivity index (χ3v) is 6.31. The first-order chi connectivity index (χ1) is 16.0. The second kappa shape index (κ2) is 10.6. The largest absolute Gasteiger partial charge is 0.462 e. The molecule has 0 atom stereocenters. The van der Waals surface area contributed by atoms with Gasteiger partial charge in [-0.1, -0.05) is 12.1 Å². The van der Waals surface area contributed by atoms with Gasteiger partial charge in [0.1, 0.15) is 0 Å². The molecule has 2 heterocycles. The summed E-state index contributed by atoms with van der Waals surface area (Å²) in [4.78, 5) is 41.1. The number of rotatable bonds is 8. The molecule has 1 saturated heterocycles. The Kier molecular flexibility index (Phi) is 7.40. The number of fused-ring (bicyclic) bond motifs is 1. The van der Waals surface area contributed by atoms with Crippen LogP contribution in [0.3, 0.4) is 0 Å². The number of benzene rings is 2. The number of hydrogen-bond acceptors (Lipinski definition) is 6. The van der Waals surface area contributed by atoms with E-state index >= 15 is 0 Å². The van der Waals surface area contributed by atoms with Crippen molar-refractivity contribution in [1.29, 1.82) is 0 Å². The van der Waals surface area contributed by atoms with Crippen molar-refractivity contribution in [2.45, 2.75) is 32.6 Å². The van der Waals surface area contributed by atoms with Crippen LogP contribution in [-0.2, 0) is 16.0 Å². The molecule has 7 nitrogen and oxygen atoms in total. The number of nitrogens with zero attached hydrogens (tertiary/aromatic N) is 2. The Hall–Kier alpha value is -3.19. The monoisotopic (exact) mass is 449 g/mol. The van der Waals surface area contributed by atoms with Crippen LogP contribution in [0.25, 0.3) is 0 Å². The molecule has 7 heteroatoms. The number of piperazine rings is 1. The molecule has 174 valence electrons. The van der Waals surface area contributed by atoms with Crippen molar-refractivity contribution in [3.63, 3.8) is 0 Å². The third-order valence-electron chi connectivity index (χ3n) is 6.31. The van der Waals surface area contributed by atoms with Gasteiger partial charge in [0.05, 0.1) is 17.9 Å². The number of carbonyl (C=O) groups excluding carboxylic acids is 3. The quantitative estimate of drug-likeness (QED) is 0.491. The normalized spacial score (nSPS) is 16.2. The summed E-state index contributed by atoms with van der Waals surface area (Å²) in [5.41, 5.74) is 4.13. The highest BCUT2D eigenvalue weighted by atomic mass is 16.5. The lowest BCUT2D eigenvalue weighted by Crippen LogP contribution is -2.47. The summed E-state index contributed by atoms with van der Waals surface area (Å²) in [6.07, 6.45) is 2.48. The van der Waals surface area contributed by atoms with Gasteiger partial charge in [0.25, 0.3) is 0 Å². The molecular weight excluding hydrogens is 418 g/mol. The highest BCUT2D eigenvalue weighted by Crippen LogP contribution is 2.25. The van der Waals surface area contributed by atoms with Gasteiger partial charge in [0, 0.05) is 50.3 Å². The number of aryl methyl sites for hydroxylation is 1. The van der Waals surface area contributed by atoms with Crippen LogP contribution in [0.2, 0.25) is 0 Å². The predicted molar refractivity (Wildman–Crippen MR) is 128 cm³/mol. The van der Waals surface area contributed by atoms with E-state index < -0.39 is 0 Å². The number of amides is 1. The van der Waals surface area contributed by atoms with Gasteiger partial charge >= 0.3 is 5.97 Å².